The van der Waals surface area contributed by atoms with Gasteiger partial charge < -0.3 is 16.0 Å². The van der Waals surface area contributed by atoms with Gasteiger partial charge in [0.1, 0.15) is 11.3 Å². The molecular weight excluding hydrogens is 390 g/mol. The van der Waals surface area contributed by atoms with E-state index in [1.165, 1.54) is 6.92 Å². The van der Waals surface area contributed by atoms with Crippen LogP contribution in [0.1, 0.15) is 37.9 Å². The smallest absolute Gasteiger partial charge is 0.241 e. The second-order valence-corrected chi connectivity index (χ2v) is 7.49. The largest absolute Gasteiger partial charge is 0.369 e. The molecule has 0 aromatic carbocycles. The number of alkyl halides is 2. The van der Waals surface area contributed by atoms with Crippen LogP contribution in [-0.4, -0.2) is 50.8 Å². The van der Waals surface area contributed by atoms with Gasteiger partial charge in [-0.3, -0.25) is 4.57 Å². The second kappa shape index (κ2) is 8.85. The van der Waals surface area contributed by atoms with E-state index in [0.29, 0.717) is 41.4 Å². The van der Waals surface area contributed by atoms with E-state index in [9.17, 15) is 8.78 Å². The Bertz CT molecular complexity index is 791. The first kappa shape index (κ1) is 20.5. The van der Waals surface area contributed by atoms with Crippen molar-refractivity contribution in [1.82, 2.24) is 24.7 Å². The van der Waals surface area contributed by atoms with Gasteiger partial charge >= 0.3 is 0 Å². The van der Waals surface area contributed by atoms with Crippen LogP contribution in [0.25, 0.3) is 0 Å². The summed E-state index contributed by atoms with van der Waals surface area (Å²) in [7, 11) is 0. The lowest BCUT2D eigenvalue weighted by molar-refractivity contribution is 0.0837. The predicted octanol–water partition coefficient (Wildman–Crippen LogP) is 3.16. The number of anilines is 3. The Morgan fingerprint density at radius 3 is 2.64 bits per heavy atom. The molecule has 11 heteroatoms. The van der Waals surface area contributed by atoms with E-state index in [2.05, 4.69) is 30.4 Å². The zero-order valence-electron chi connectivity index (χ0n) is 15.9. The highest BCUT2D eigenvalue weighted by Crippen LogP contribution is 2.29. The van der Waals surface area contributed by atoms with Gasteiger partial charge in [0, 0.05) is 31.6 Å². The van der Waals surface area contributed by atoms with Gasteiger partial charge in [-0.15, -0.1) is 10.2 Å². The van der Waals surface area contributed by atoms with Gasteiger partial charge in [0.25, 0.3) is 0 Å². The topological polar surface area (TPSA) is 97.8 Å². The number of nitrogens with two attached hydrogens (primary N) is 1. The summed E-state index contributed by atoms with van der Waals surface area (Å²) in [5, 5.41) is 11.2. The number of hydrogen-bond donors (Lipinski definition) is 2. The Labute approximate surface area is 167 Å². The fourth-order valence-corrected chi connectivity index (χ4v) is 3.38. The SMILES string of the molecule is Cc1nc(N2CCC(n3cnnc3N)CC2)nc(NCCC(C)C(F)F)c1Cl. The first-order valence-corrected chi connectivity index (χ1v) is 9.70. The summed E-state index contributed by atoms with van der Waals surface area (Å²) in [6, 6.07) is 0.244. The molecule has 2 aromatic rings. The molecule has 3 rings (SSSR count). The van der Waals surface area contributed by atoms with Gasteiger partial charge in [-0.05, 0) is 26.2 Å². The first-order valence-electron chi connectivity index (χ1n) is 9.33. The molecule has 1 aliphatic heterocycles. The quantitative estimate of drug-likeness (QED) is 0.718. The number of rotatable bonds is 7. The molecule has 1 unspecified atom stereocenters. The van der Waals surface area contributed by atoms with Crippen molar-refractivity contribution in [3.8, 4) is 0 Å². The van der Waals surface area contributed by atoms with Crippen LogP contribution in [0.3, 0.4) is 0 Å². The summed E-state index contributed by atoms with van der Waals surface area (Å²) in [6.07, 6.45) is 1.38. The Hall–Kier alpha value is -2.23. The summed E-state index contributed by atoms with van der Waals surface area (Å²) < 4.78 is 27.2. The van der Waals surface area contributed by atoms with Crippen LogP contribution in [0.15, 0.2) is 6.33 Å². The molecule has 0 saturated carbocycles. The van der Waals surface area contributed by atoms with Crippen LogP contribution in [0.5, 0.6) is 0 Å². The number of piperidine rings is 1. The Kier molecular flexibility index (Phi) is 6.48. The fourth-order valence-electron chi connectivity index (χ4n) is 3.22. The van der Waals surface area contributed by atoms with Crippen LogP contribution in [0.4, 0.5) is 26.5 Å². The van der Waals surface area contributed by atoms with Gasteiger partial charge in [0.15, 0.2) is 5.82 Å². The highest BCUT2D eigenvalue weighted by atomic mass is 35.5. The van der Waals surface area contributed by atoms with Gasteiger partial charge in [0.2, 0.25) is 18.3 Å². The Morgan fingerprint density at radius 2 is 2.04 bits per heavy atom. The number of halogens is 3. The molecule has 2 aromatic heterocycles. The molecule has 0 radical (unpaired) electrons. The second-order valence-electron chi connectivity index (χ2n) is 7.11. The number of nitrogens with zero attached hydrogens (tertiary/aromatic N) is 6. The standard InChI is InChI=1S/C17H25ClF2N8/c1-10(14(19)20)3-6-22-15-13(18)11(2)24-17(25-15)27-7-4-12(5-8-27)28-9-23-26-16(28)21/h9-10,12,14H,3-8H2,1-2H3,(H2,21,26)(H,22,24,25). The minimum atomic E-state index is -2.33. The molecule has 28 heavy (non-hydrogen) atoms. The lowest BCUT2D eigenvalue weighted by Gasteiger charge is -2.33. The Morgan fingerprint density at radius 1 is 1.32 bits per heavy atom. The summed E-state index contributed by atoms with van der Waals surface area (Å²) in [4.78, 5) is 11.1. The normalized spacial score (nSPS) is 16.6. The third-order valence-electron chi connectivity index (χ3n) is 5.07. The van der Waals surface area contributed by atoms with Crippen molar-refractivity contribution in [2.24, 2.45) is 5.92 Å². The van der Waals surface area contributed by atoms with E-state index in [1.807, 2.05) is 11.5 Å². The molecule has 3 heterocycles. The third kappa shape index (κ3) is 4.60. The lowest BCUT2D eigenvalue weighted by atomic mass is 10.1. The van der Waals surface area contributed by atoms with E-state index in [4.69, 9.17) is 17.3 Å². The van der Waals surface area contributed by atoms with Crippen molar-refractivity contribution < 1.29 is 8.78 Å². The molecule has 0 bridgehead atoms. The summed E-state index contributed by atoms with van der Waals surface area (Å²) in [5.74, 6) is 0.802. The van der Waals surface area contributed by atoms with Crippen LogP contribution in [0.2, 0.25) is 5.02 Å². The molecule has 0 aliphatic carbocycles. The molecular formula is C17H25ClF2N8. The maximum Gasteiger partial charge on any atom is 0.241 e. The molecule has 1 fully saturated rings. The molecule has 3 N–H and O–H groups in total. The van der Waals surface area contributed by atoms with Gasteiger partial charge in [-0.1, -0.05) is 18.5 Å². The molecule has 0 amide bonds. The highest BCUT2D eigenvalue weighted by molar-refractivity contribution is 6.33. The maximum absolute atomic E-state index is 12.7. The highest BCUT2D eigenvalue weighted by Gasteiger charge is 2.24. The van der Waals surface area contributed by atoms with E-state index in [1.54, 1.807) is 6.33 Å². The summed E-state index contributed by atoms with van der Waals surface area (Å²) in [5.41, 5.74) is 6.49. The van der Waals surface area contributed by atoms with Crippen LogP contribution in [0, 0.1) is 12.8 Å². The zero-order valence-corrected chi connectivity index (χ0v) is 16.7. The molecule has 0 spiro atoms. The number of aryl methyl sites for hydroxylation is 1. The van der Waals surface area contributed by atoms with Crippen molar-refractivity contribution in [2.45, 2.75) is 45.6 Å². The first-order chi connectivity index (χ1) is 13.4. The molecule has 1 aliphatic rings. The maximum atomic E-state index is 12.7. The zero-order chi connectivity index (χ0) is 20.3. The number of hydrogen-bond acceptors (Lipinski definition) is 7. The van der Waals surface area contributed by atoms with Gasteiger partial charge in [-0.25, -0.2) is 13.8 Å². The van der Waals surface area contributed by atoms with E-state index >= 15 is 0 Å². The van der Waals surface area contributed by atoms with E-state index in [-0.39, 0.29) is 6.04 Å². The summed E-state index contributed by atoms with van der Waals surface area (Å²) in [6.45, 7) is 5.22. The lowest BCUT2D eigenvalue weighted by Crippen LogP contribution is -2.36. The minimum absolute atomic E-state index is 0.244. The summed E-state index contributed by atoms with van der Waals surface area (Å²) >= 11 is 6.30. The predicted molar refractivity (Wildman–Crippen MR) is 105 cm³/mol. The van der Waals surface area contributed by atoms with Crippen LogP contribution < -0.4 is 16.0 Å². The molecule has 8 nitrogen and oxygen atoms in total. The van der Waals surface area contributed by atoms with Crippen molar-refractivity contribution in [3.63, 3.8) is 0 Å². The van der Waals surface area contributed by atoms with Crippen LogP contribution >= 0.6 is 11.6 Å². The van der Waals surface area contributed by atoms with Crippen molar-refractivity contribution >= 4 is 29.3 Å². The molecule has 1 saturated heterocycles. The number of aromatic nitrogens is 5. The third-order valence-corrected chi connectivity index (χ3v) is 5.52. The monoisotopic (exact) mass is 414 g/mol. The van der Waals surface area contributed by atoms with Crippen LogP contribution in [-0.2, 0) is 0 Å². The van der Waals surface area contributed by atoms with Gasteiger partial charge in [0.05, 0.1) is 5.69 Å². The molecule has 1 atom stereocenters. The minimum Gasteiger partial charge on any atom is -0.369 e. The number of nitrogens with one attached hydrogen (secondary N) is 1. The van der Waals surface area contributed by atoms with Crippen molar-refractivity contribution in [2.75, 3.05) is 35.6 Å². The van der Waals surface area contributed by atoms with E-state index < -0.39 is 12.3 Å². The Balaban J connectivity index is 1.64. The average Bonchev–Trinajstić information content (AvgIpc) is 3.10. The van der Waals surface area contributed by atoms with Gasteiger partial charge in [-0.2, -0.15) is 4.98 Å². The van der Waals surface area contributed by atoms with Crippen molar-refractivity contribution in [1.29, 1.82) is 0 Å². The van der Waals surface area contributed by atoms with E-state index in [0.717, 1.165) is 25.9 Å². The fraction of sp³-hybridized carbons (Fsp3) is 0.647. The number of nitrogen functional groups attached to an aromatic ring is 1. The molecule has 154 valence electrons. The van der Waals surface area contributed by atoms with Crippen molar-refractivity contribution in [3.05, 3.63) is 17.0 Å². The average molecular weight is 415 g/mol.